The highest BCUT2D eigenvalue weighted by Gasteiger charge is 2.19. The van der Waals surface area contributed by atoms with E-state index in [2.05, 4.69) is 34.1 Å². The summed E-state index contributed by atoms with van der Waals surface area (Å²) >= 11 is 12.2. The Labute approximate surface area is 187 Å². The zero-order chi connectivity index (χ0) is 20.9. The topological polar surface area (TPSA) is 42.1 Å². The van der Waals surface area contributed by atoms with E-state index in [1.807, 2.05) is 54.6 Å². The van der Waals surface area contributed by atoms with Crippen molar-refractivity contribution in [2.24, 2.45) is 5.73 Å². The minimum Gasteiger partial charge on any atom is -0.331 e. The zero-order valence-corrected chi connectivity index (χ0v) is 18.0. The predicted octanol–water partition coefficient (Wildman–Crippen LogP) is 6.09. The van der Waals surface area contributed by atoms with Crippen molar-refractivity contribution in [3.05, 3.63) is 95.6 Å². The van der Waals surface area contributed by atoms with Crippen LogP contribution in [0.4, 0.5) is 5.69 Å². The molecule has 4 rings (SSSR count). The third kappa shape index (κ3) is 4.21. The first kappa shape index (κ1) is 20.5. The Bertz CT molecular complexity index is 1180. The fraction of sp³-hybridized carbons (Fsp3) is 0.120. The van der Waals surface area contributed by atoms with Crippen LogP contribution in [0.1, 0.15) is 12.0 Å². The van der Waals surface area contributed by atoms with Gasteiger partial charge in [-0.1, -0.05) is 78.4 Å². The first-order valence-corrected chi connectivity index (χ1v) is 10.7. The second-order valence-corrected chi connectivity index (χ2v) is 7.83. The van der Waals surface area contributed by atoms with Gasteiger partial charge in [-0.15, -0.1) is 0 Å². The number of fused-ring (bicyclic) bond motifs is 1. The van der Waals surface area contributed by atoms with Crippen LogP contribution < -0.4 is 10.6 Å². The number of aromatic nitrogens is 1. The summed E-state index contributed by atoms with van der Waals surface area (Å²) < 4.78 is 0. The fourth-order valence-corrected chi connectivity index (χ4v) is 4.14. The predicted molar refractivity (Wildman–Crippen MR) is 131 cm³/mol. The molecule has 3 nitrogen and oxygen atoms in total. The van der Waals surface area contributed by atoms with Crippen LogP contribution in [0, 0.1) is 0 Å². The standard InChI is InChI=1S/C25H22ClN3S/c26-19-11-12-22-23(17-19)28-15-13-24(22)29(16-6-14-27)25(30)21-10-5-4-9-20(21)18-7-2-1-3-8-18/h1-5,7-13,15,17H,6,14,16,27H2. The number of nitrogens with zero attached hydrogens (tertiary/aromatic N) is 2. The highest BCUT2D eigenvalue weighted by molar-refractivity contribution is 7.81. The Hall–Kier alpha value is -2.79. The van der Waals surface area contributed by atoms with Gasteiger partial charge in [-0.05, 0) is 48.4 Å². The first-order valence-electron chi connectivity index (χ1n) is 9.89. The van der Waals surface area contributed by atoms with E-state index in [0.29, 0.717) is 11.6 Å². The molecule has 5 heteroatoms. The molecule has 0 saturated heterocycles. The molecule has 2 N–H and O–H groups in total. The largest absolute Gasteiger partial charge is 0.331 e. The molecule has 0 aliphatic carbocycles. The SMILES string of the molecule is NCCCN(C(=S)c1ccccc1-c1ccccc1)c1ccnc2cc(Cl)ccc12. The lowest BCUT2D eigenvalue weighted by Gasteiger charge is -2.28. The molecule has 1 aromatic heterocycles. The number of benzene rings is 3. The normalized spacial score (nSPS) is 10.9. The molecular weight excluding hydrogens is 410 g/mol. The van der Waals surface area contributed by atoms with Crippen molar-refractivity contribution >= 4 is 45.4 Å². The molecule has 30 heavy (non-hydrogen) atoms. The van der Waals surface area contributed by atoms with Crippen molar-refractivity contribution in [3.8, 4) is 11.1 Å². The molecule has 0 spiro atoms. The van der Waals surface area contributed by atoms with Gasteiger partial charge >= 0.3 is 0 Å². The van der Waals surface area contributed by atoms with E-state index in [-0.39, 0.29) is 0 Å². The number of anilines is 1. The van der Waals surface area contributed by atoms with Crippen LogP contribution in [-0.2, 0) is 0 Å². The Morgan fingerprint density at radius 3 is 2.53 bits per heavy atom. The molecule has 0 radical (unpaired) electrons. The van der Waals surface area contributed by atoms with Crippen LogP contribution in [0.5, 0.6) is 0 Å². The highest BCUT2D eigenvalue weighted by Crippen LogP contribution is 2.31. The Balaban J connectivity index is 1.83. The molecule has 3 aromatic carbocycles. The third-order valence-electron chi connectivity index (χ3n) is 5.05. The average molecular weight is 432 g/mol. The smallest absolute Gasteiger partial charge is 0.114 e. The molecule has 1 heterocycles. The van der Waals surface area contributed by atoms with Gasteiger partial charge in [0.2, 0.25) is 0 Å². The summed E-state index contributed by atoms with van der Waals surface area (Å²) in [6.45, 7) is 1.31. The van der Waals surface area contributed by atoms with Crippen LogP contribution >= 0.6 is 23.8 Å². The maximum atomic E-state index is 6.19. The lowest BCUT2D eigenvalue weighted by molar-refractivity contribution is 0.833. The number of rotatable bonds is 6. The first-order chi connectivity index (χ1) is 14.7. The number of nitrogens with two attached hydrogens (primary N) is 1. The van der Waals surface area contributed by atoms with Gasteiger partial charge < -0.3 is 10.6 Å². The van der Waals surface area contributed by atoms with Gasteiger partial charge in [0.05, 0.1) is 11.2 Å². The molecule has 0 saturated carbocycles. The van der Waals surface area contributed by atoms with Gasteiger partial charge in [0.1, 0.15) is 4.99 Å². The van der Waals surface area contributed by atoms with E-state index >= 15 is 0 Å². The van der Waals surface area contributed by atoms with Crippen LogP contribution in [-0.4, -0.2) is 23.1 Å². The molecular formula is C25H22ClN3S. The van der Waals surface area contributed by atoms with Crippen LogP contribution in [0.2, 0.25) is 5.02 Å². The van der Waals surface area contributed by atoms with Crippen LogP contribution in [0.3, 0.4) is 0 Å². The van der Waals surface area contributed by atoms with Crippen molar-refractivity contribution in [2.45, 2.75) is 6.42 Å². The van der Waals surface area contributed by atoms with Crippen molar-refractivity contribution < 1.29 is 0 Å². The van der Waals surface area contributed by atoms with Crippen molar-refractivity contribution in [1.29, 1.82) is 0 Å². The Morgan fingerprint density at radius 2 is 1.73 bits per heavy atom. The van der Waals surface area contributed by atoms with Gasteiger partial charge in [-0.2, -0.15) is 0 Å². The minimum absolute atomic E-state index is 0.592. The van der Waals surface area contributed by atoms with Crippen molar-refractivity contribution in [2.75, 3.05) is 18.0 Å². The summed E-state index contributed by atoms with van der Waals surface area (Å²) in [6, 6.07) is 26.4. The molecule has 0 aliphatic rings. The van der Waals surface area contributed by atoms with Crippen molar-refractivity contribution in [1.82, 2.24) is 4.98 Å². The second-order valence-electron chi connectivity index (χ2n) is 7.00. The fourth-order valence-electron chi connectivity index (χ4n) is 3.61. The Morgan fingerprint density at radius 1 is 0.967 bits per heavy atom. The van der Waals surface area contributed by atoms with E-state index in [1.54, 1.807) is 6.20 Å². The molecule has 0 fully saturated rings. The molecule has 150 valence electrons. The number of thiocarbonyl (C=S) groups is 1. The molecule has 0 unspecified atom stereocenters. The molecule has 4 aromatic rings. The minimum atomic E-state index is 0.592. The summed E-state index contributed by atoms with van der Waals surface area (Å²) in [5.74, 6) is 0. The van der Waals surface area contributed by atoms with Crippen molar-refractivity contribution in [3.63, 3.8) is 0 Å². The average Bonchev–Trinajstić information content (AvgIpc) is 2.79. The van der Waals surface area contributed by atoms with Crippen LogP contribution in [0.25, 0.3) is 22.0 Å². The van der Waals surface area contributed by atoms with E-state index in [1.165, 1.54) is 0 Å². The molecule has 0 aliphatic heterocycles. The van der Waals surface area contributed by atoms with E-state index in [9.17, 15) is 0 Å². The molecule has 0 atom stereocenters. The number of hydrogen-bond donors (Lipinski definition) is 1. The van der Waals surface area contributed by atoms with E-state index in [0.717, 1.165) is 51.2 Å². The number of halogens is 1. The second kappa shape index (κ2) is 9.35. The Kier molecular flexibility index (Phi) is 6.38. The van der Waals surface area contributed by atoms with E-state index < -0.39 is 0 Å². The monoisotopic (exact) mass is 431 g/mol. The zero-order valence-electron chi connectivity index (χ0n) is 16.5. The van der Waals surface area contributed by atoms with Crippen LogP contribution in [0.15, 0.2) is 85.1 Å². The summed E-state index contributed by atoms with van der Waals surface area (Å²) in [4.78, 5) is 7.42. The van der Waals surface area contributed by atoms with Gasteiger partial charge in [0.15, 0.2) is 0 Å². The summed E-state index contributed by atoms with van der Waals surface area (Å²) in [6.07, 6.45) is 2.63. The highest BCUT2D eigenvalue weighted by atomic mass is 35.5. The number of hydrogen-bond acceptors (Lipinski definition) is 3. The van der Waals surface area contributed by atoms with Gasteiger partial charge in [-0.3, -0.25) is 4.98 Å². The van der Waals surface area contributed by atoms with Gasteiger partial charge in [0.25, 0.3) is 0 Å². The van der Waals surface area contributed by atoms with Gasteiger partial charge in [0, 0.05) is 28.7 Å². The lowest BCUT2D eigenvalue weighted by atomic mass is 9.99. The third-order valence-corrected chi connectivity index (χ3v) is 5.72. The molecule has 0 amide bonds. The molecule has 0 bridgehead atoms. The summed E-state index contributed by atoms with van der Waals surface area (Å²) in [5.41, 5.74) is 11.0. The van der Waals surface area contributed by atoms with E-state index in [4.69, 9.17) is 29.6 Å². The van der Waals surface area contributed by atoms with Gasteiger partial charge in [-0.25, -0.2) is 0 Å². The lowest BCUT2D eigenvalue weighted by Crippen LogP contribution is -2.32. The maximum Gasteiger partial charge on any atom is 0.114 e. The number of pyridine rings is 1. The summed E-state index contributed by atoms with van der Waals surface area (Å²) in [7, 11) is 0. The maximum absolute atomic E-state index is 6.19. The quantitative estimate of drug-likeness (QED) is 0.375. The summed E-state index contributed by atoms with van der Waals surface area (Å²) in [5, 5.41) is 1.68.